The lowest BCUT2D eigenvalue weighted by molar-refractivity contribution is -0.386. The molecule has 2 aromatic rings. The lowest BCUT2D eigenvalue weighted by atomic mass is 10.3. The van der Waals surface area contributed by atoms with Gasteiger partial charge < -0.3 is 10.1 Å². The number of aryl methyl sites for hydroxylation is 1. The maximum Gasteiger partial charge on any atom is 0.312 e. The van der Waals surface area contributed by atoms with Gasteiger partial charge in [0.2, 0.25) is 5.91 Å². The van der Waals surface area contributed by atoms with Gasteiger partial charge in [0.05, 0.1) is 17.7 Å². The van der Waals surface area contributed by atoms with Gasteiger partial charge in [-0.15, -0.1) is 0 Å². The number of carbonyl (C=O) groups is 1. The summed E-state index contributed by atoms with van der Waals surface area (Å²) in [7, 11) is 1.51. The van der Waals surface area contributed by atoms with Crippen LogP contribution in [-0.2, 0) is 11.3 Å². The van der Waals surface area contributed by atoms with Gasteiger partial charge in [0.25, 0.3) is 0 Å². The van der Waals surface area contributed by atoms with Crippen molar-refractivity contribution >= 4 is 17.3 Å². The normalized spacial score (nSPS) is 10.3. The van der Waals surface area contributed by atoms with Crippen molar-refractivity contribution < 1.29 is 14.5 Å². The molecule has 0 aliphatic carbocycles. The van der Waals surface area contributed by atoms with Crippen molar-refractivity contribution in [2.75, 3.05) is 12.4 Å². The lowest BCUT2D eigenvalue weighted by Gasteiger charge is -2.10. The summed E-state index contributed by atoms with van der Waals surface area (Å²) in [5.74, 6) is 0.195. The van der Waals surface area contributed by atoms with Gasteiger partial charge in [-0.25, -0.2) is 0 Å². The van der Waals surface area contributed by atoms with Crippen molar-refractivity contribution in [1.29, 1.82) is 0 Å². The summed E-state index contributed by atoms with van der Waals surface area (Å²) in [5, 5.41) is 17.7. The second-order valence-corrected chi connectivity index (χ2v) is 4.68. The number of aromatic nitrogens is 2. The molecule has 1 aromatic carbocycles. The molecule has 0 spiro atoms. The Morgan fingerprint density at radius 2 is 2.09 bits per heavy atom. The fourth-order valence-electron chi connectivity index (χ4n) is 2.18. The maximum atomic E-state index is 12.1. The molecule has 22 heavy (non-hydrogen) atoms. The number of amides is 1. The van der Waals surface area contributed by atoms with Gasteiger partial charge in [-0.2, -0.15) is 5.10 Å². The first-order valence-electron chi connectivity index (χ1n) is 6.55. The standard InChI is InChI=1S/C14H16N4O4/c1-9-14(18(20)21)10(2)17(16-9)8-13(19)15-11-6-4-5-7-12(11)22-3/h4-7H,8H2,1-3H3,(H,15,19). The number of para-hydroxylation sites is 2. The summed E-state index contributed by atoms with van der Waals surface area (Å²) in [6, 6.07) is 7.00. The summed E-state index contributed by atoms with van der Waals surface area (Å²) in [5.41, 5.74) is 1.10. The highest BCUT2D eigenvalue weighted by molar-refractivity contribution is 5.92. The van der Waals surface area contributed by atoms with Crippen molar-refractivity contribution in [1.82, 2.24) is 9.78 Å². The smallest absolute Gasteiger partial charge is 0.312 e. The third-order valence-electron chi connectivity index (χ3n) is 3.20. The molecule has 8 heteroatoms. The van der Waals surface area contributed by atoms with Gasteiger partial charge in [-0.05, 0) is 26.0 Å². The molecule has 0 aliphatic rings. The Balaban J connectivity index is 2.16. The summed E-state index contributed by atoms with van der Waals surface area (Å²) >= 11 is 0. The largest absolute Gasteiger partial charge is 0.495 e. The molecule has 0 fully saturated rings. The average Bonchev–Trinajstić information content (AvgIpc) is 2.73. The zero-order valence-electron chi connectivity index (χ0n) is 12.5. The molecule has 0 bridgehead atoms. The molecule has 8 nitrogen and oxygen atoms in total. The molecule has 2 rings (SSSR count). The quantitative estimate of drug-likeness (QED) is 0.673. The SMILES string of the molecule is COc1ccccc1NC(=O)Cn1nc(C)c([N+](=O)[O-])c1C. The van der Waals surface area contributed by atoms with Crippen LogP contribution in [0.3, 0.4) is 0 Å². The minimum absolute atomic E-state index is 0.0647. The molecule has 1 amide bonds. The van der Waals surface area contributed by atoms with Crippen LogP contribution in [0.25, 0.3) is 0 Å². The summed E-state index contributed by atoms with van der Waals surface area (Å²) in [4.78, 5) is 22.6. The predicted octanol–water partition coefficient (Wildman–Crippen LogP) is 2.06. The van der Waals surface area contributed by atoms with Gasteiger partial charge in [0.1, 0.15) is 23.7 Å². The first-order chi connectivity index (χ1) is 10.4. The first-order valence-corrected chi connectivity index (χ1v) is 6.55. The number of carbonyl (C=O) groups excluding carboxylic acids is 1. The van der Waals surface area contributed by atoms with E-state index in [1.807, 2.05) is 0 Å². The molecular formula is C14H16N4O4. The predicted molar refractivity (Wildman–Crippen MR) is 80.0 cm³/mol. The summed E-state index contributed by atoms with van der Waals surface area (Å²) < 4.78 is 6.47. The number of rotatable bonds is 5. The molecule has 1 aromatic heterocycles. The number of nitrogens with zero attached hydrogens (tertiary/aromatic N) is 3. The Kier molecular flexibility index (Phi) is 4.40. The van der Waals surface area contributed by atoms with Crippen molar-refractivity contribution in [2.45, 2.75) is 20.4 Å². The first kappa shape index (κ1) is 15.5. The van der Waals surface area contributed by atoms with Crippen LogP contribution in [0.15, 0.2) is 24.3 Å². The van der Waals surface area contributed by atoms with Crippen LogP contribution in [0.1, 0.15) is 11.4 Å². The number of methoxy groups -OCH3 is 1. The van der Waals surface area contributed by atoms with E-state index < -0.39 is 4.92 Å². The monoisotopic (exact) mass is 304 g/mol. The average molecular weight is 304 g/mol. The Bertz CT molecular complexity index is 724. The van der Waals surface area contributed by atoms with Gasteiger partial charge in [-0.1, -0.05) is 12.1 Å². The molecule has 1 N–H and O–H groups in total. The molecule has 0 aliphatic heterocycles. The van der Waals surface area contributed by atoms with Gasteiger partial charge in [-0.3, -0.25) is 19.6 Å². The Morgan fingerprint density at radius 3 is 2.68 bits per heavy atom. The van der Waals surface area contributed by atoms with Gasteiger partial charge >= 0.3 is 5.69 Å². The molecule has 0 atom stereocenters. The molecule has 1 heterocycles. The lowest BCUT2D eigenvalue weighted by Crippen LogP contribution is -2.20. The Morgan fingerprint density at radius 1 is 1.41 bits per heavy atom. The highest BCUT2D eigenvalue weighted by atomic mass is 16.6. The minimum atomic E-state index is -0.494. The number of hydrogen-bond donors (Lipinski definition) is 1. The van der Waals surface area contributed by atoms with E-state index in [-0.39, 0.29) is 23.8 Å². The number of hydrogen-bond acceptors (Lipinski definition) is 5. The highest BCUT2D eigenvalue weighted by Crippen LogP contribution is 2.24. The molecular weight excluding hydrogens is 288 g/mol. The second kappa shape index (κ2) is 6.25. The van der Waals surface area contributed by atoms with Gasteiger partial charge in [0.15, 0.2) is 0 Å². The number of ether oxygens (including phenoxy) is 1. The van der Waals surface area contributed by atoms with Crippen LogP contribution in [0, 0.1) is 24.0 Å². The molecule has 116 valence electrons. The van der Waals surface area contributed by atoms with E-state index in [2.05, 4.69) is 10.4 Å². The van der Waals surface area contributed by atoms with Crippen LogP contribution in [0.4, 0.5) is 11.4 Å². The fourth-order valence-corrected chi connectivity index (χ4v) is 2.18. The van der Waals surface area contributed by atoms with E-state index in [0.29, 0.717) is 17.1 Å². The van der Waals surface area contributed by atoms with E-state index in [9.17, 15) is 14.9 Å². The third kappa shape index (κ3) is 3.05. The summed E-state index contributed by atoms with van der Waals surface area (Å²) in [6.07, 6.45) is 0. The number of anilines is 1. The fraction of sp³-hybridized carbons (Fsp3) is 0.286. The molecule has 0 radical (unpaired) electrons. The number of nitrogens with one attached hydrogen (secondary N) is 1. The highest BCUT2D eigenvalue weighted by Gasteiger charge is 2.22. The van der Waals surface area contributed by atoms with Crippen molar-refractivity contribution in [2.24, 2.45) is 0 Å². The zero-order chi connectivity index (χ0) is 16.3. The Labute approximate surface area is 126 Å². The van der Waals surface area contributed by atoms with Crippen LogP contribution >= 0.6 is 0 Å². The molecule has 0 saturated carbocycles. The maximum absolute atomic E-state index is 12.1. The van der Waals surface area contributed by atoms with E-state index >= 15 is 0 Å². The zero-order valence-corrected chi connectivity index (χ0v) is 12.5. The second-order valence-electron chi connectivity index (χ2n) is 4.68. The number of nitro groups is 1. The molecule has 0 saturated heterocycles. The van der Waals surface area contributed by atoms with E-state index in [1.54, 1.807) is 38.1 Å². The van der Waals surface area contributed by atoms with Crippen LogP contribution in [0.5, 0.6) is 5.75 Å². The summed E-state index contributed by atoms with van der Waals surface area (Å²) in [6.45, 7) is 2.99. The molecule has 0 unspecified atom stereocenters. The van der Waals surface area contributed by atoms with Crippen LogP contribution in [0.2, 0.25) is 0 Å². The van der Waals surface area contributed by atoms with Crippen LogP contribution < -0.4 is 10.1 Å². The van der Waals surface area contributed by atoms with Gasteiger partial charge in [0, 0.05) is 0 Å². The Hall–Kier alpha value is -2.90. The van der Waals surface area contributed by atoms with Crippen LogP contribution in [-0.4, -0.2) is 27.7 Å². The van der Waals surface area contributed by atoms with Crippen molar-refractivity contribution in [3.05, 3.63) is 45.8 Å². The van der Waals surface area contributed by atoms with E-state index in [0.717, 1.165) is 0 Å². The number of benzene rings is 1. The van der Waals surface area contributed by atoms with E-state index in [1.165, 1.54) is 11.8 Å². The van der Waals surface area contributed by atoms with E-state index in [4.69, 9.17) is 4.74 Å². The topological polar surface area (TPSA) is 99.3 Å². The third-order valence-corrected chi connectivity index (χ3v) is 3.20. The van der Waals surface area contributed by atoms with Crippen molar-refractivity contribution in [3.8, 4) is 5.75 Å². The minimum Gasteiger partial charge on any atom is -0.495 e. The van der Waals surface area contributed by atoms with Crippen molar-refractivity contribution in [3.63, 3.8) is 0 Å².